The zero-order valence-corrected chi connectivity index (χ0v) is 19.3. The number of hydrogen-bond donors (Lipinski definition) is 1. The van der Waals surface area contributed by atoms with Crippen LogP contribution < -0.4 is 10.9 Å². The van der Waals surface area contributed by atoms with E-state index in [1.807, 2.05) is 62.4 Å². The van der Waals surface area contributed by atoms with Gasteiger partial charge in [-0.15, -0.1) is 0 Å². The highest BCUT2D eigenvalue weighted by atomic mass is 32.2. The maximum Gasteiger partial charge on any atom is 0.262 e. The first-order chi connectivity index (χ1) is 15.5. The van der Waals surface area contributed by atoms with E-state index in [0.29, 0.717) is 29.1 Å². The van der Waals surface area contributed by atoms with Crippen molar-refractivity contribution in [2.24, 2.45) is 5.92 Å². The van der Waals surface area contributed by atoms with E-state index in [4.69, 9.17) is 9.72 Å². The van der Waals surface area contributed by atoms with E-state index in [1.54, 1.807) is 10.6 Å². The van der Waals surface area contributed by atoms with Gasteiger partial charge in [0.05, 0.1) is 28.8 Å². The fourth-order valence-electron chi connectivity index (χ4n) is 3.87. The molecule has 4 rings (SSSR count). The monoisotopic (exact) mass is 451 g/mol. The minimum atomic E-state index is -0.369. The Morgan fingerprint density at radius 1 is 1.19 bits per heavy atom. The molecule has 0 spiro atoms. The molecule has 1 aromatic heterocycles. The van der Waals surface area contributed by atoms with Gasteiger partial charge in [0.1, 0.15) is 0 Å². The second-order valence-corrected chi connectivity index (χ2v) is 9.56. The number of nitrogens with one attached hydrogen (secondary N) is 1. The van der Waals surface area contributed by atoms with Crippen molar-refractivity contribution in [2.45, 2.75) is 49.7 Å². The van der Waals surface area contributed by atoms with Crippen LogP contribution in [0.15, 0.2) is 64.5 Å². The molecule has 1 fully saturated rings. The molecule has 1 N–H and O–H groups in total. The Kier molecular flexibility index (Phi) is 7.27. The van der Waals surface area contributed by atoms with Gasteiger partial charge in [0, 0.05) is 13.2 Å². The number of carbonyl (C=O) groups excluding carboxylic acids is 1. The number of nitrogens with zero attached hydrogens (tertiary/aromatic N) is 2. The van der Waals surface area contributed by atoms with Gasteiger partial charge in [0.15, 0.2) is 5.16 Å². The van der Waals surface area contributed by atoms with Crippen molar-refractivity contribution >= 4 is 28.6 Å². The van der Waals surface area contributed by atoms with Crippen molar-refractivity contribution in [1.82, 2.24) is 14.9 Å². The minimum absolute atomic E-state index is 0.0471. The second kappa shape index (κ2) is 10.3. The van der Waals surface area contributed by atoms with Crippen LogP contribution in [0.2, 0.25) is 0 Å². The number of benzene rings is 2. The third-order valence-corrected chi connectivity index (χ3v) is 7.17. The minimum Gasteiger partial charge on any atom is -0.376 e. The van der Waals surface area contributed by atoms with Crippen molar-refractivity contribution in [3.63, 3.8) is 0 Å². The third-order valence-electron chi connectivity index (χ3n) is 5.63. The molecule has 0 aliphatic carbocycles. The number of hydrogen-bond acceptors (Lipinski definition) is 5. The summed E-state index contributed by atoms with van der Waals surface area (Å²) in [6, 6.07) is 17.2. The molecule has 3 aromatic rings. The number of ether oxygens (including phenoxy) is 1. The predicted molar refractivity (Wildman–Crippen MR) is 128 cm³/mol. The first-order valence-corrected chi connectivity index (χ1v) is 12.0. The second-order valence-electron chi connectivity index (χ2n) is 8.45. The number of thioether (sulfide) groups is 1. The van der Waals surface area contributed by atoms with Gasteiger partial charge in [0.25, 0.3) is 5.56 Å². The third kappa shape index (κ3) is 5.22. The number of fused-ring (bicyclic) bond motifs is 1. The van der Waals surface area contributed by atoms with E-state index in [0.717, 1.165) is 25.0 Å². The molecule has 1 amide bonds. The first-order valence-electron chi connectivity index (χ1n) is 11.1. The normalized spacial score (nSPS) is 17.0. The molecule has 1 saturated heterocycles. The molecule has 32 heavy (non-hydrogen) atoms. The van der Waals surface area contributed by atoms with E-state index in [2.05, 4.69) is 5.32 Å². The Bertz CT molecular complexity index is 1120. The molecular weight excluding hydrogens is 422 g/mol. The number of carbonyl (C=O) groups is 1. The standard InChI is InChI=1S/C25H29N3O3S/c1-17(2)22(23(29)26-15-19-11-8-14-31-19)32-25-27-21-13-7-6-12-20(21)24(30)28(25)16-18-9-4-3-5-10-18/h3-7,9-10,12-13,17,19,22H,8,11,14-16H2,1-2H3,(H,26,29). The van der Waals surface area contributed by atoms with E-state index < -0.39 is 0 Å². The van der Waals surface area contributed by atoms with Gasteiger partial charge in [-0.25, -0.2) is 4.98 Å². The van der Waals surface area contributed by atoms with Crippen molar-refractivity contribution in [3.05, 3.63) is 70.5 Å². The maximum absolute atomic E-state index is 13.4. The average Bonchev–Trinajstić information content (AvgIpc) is 3.32. The van der Waals surface area contributed by atoms with Crippen LogP contribution in [0.4, 0.5) is 0 Å². The van der Waals surface area contributed by atoms with E-state index >= 15 is 0 Å². The number of para-hydroxylation sites is 1. The van der Waals surface area contributed by atoms with Gasteiger partial charge in [-0.3, -0.25) is 14.2 Å². The zero-order valence-electron chi connectivity index (χ0n) is 18.5. The highest BCUT2D eigenvalue weighted by Gasteiger charge is 2.27. The summed E-state index contributed by atoms with van der Waals surface area (Å²) in [7, 11) is 0. The van der Waals surface area contributed by atoms with Gasteiger partial charge in [-0.05, 0) is 36.5 Å². The van der Waals surface area contributed by atoms with E-state index in [-0.39, 0.29) is 28.7 Å². The largest absolute Gasteiger partial charge is 0.376 e. The Labute approximate surface area is 192 Å². The molecule has 168 valence electrons. The maximum atomic E-state index is 13.4. The lowest BCUT2D eigenvalue weighted by Crippen LogP contribution is -2.40. The summed E-state index contributed by atoms with van der Waals surface area (Å²) in [5.74, 6) is 0.0206. The molecule has 0 bridgehead atoms. The Balaban J connectivity index is 1.65. The van der Waals surface area contributed by atoms with Crippen LogP contribution >= 0.6 is 11.8 Å². The lowest BCUT2D eigenvalue weighted by Gasteiger charge is -2.22. The Morgan fingerprint density at radius 3 is 2.66 bits per heavy atom. The molecule has 7 heteroatoms. The summed E-state index contributed by atoms with van der Waals surface area (Å²) in [6.45, 7) is 5.72. The molecule has 0 radical (unpaired) electrons. The fraction of sp³-hybridized carbons (Fsp3) is 0.400. The first kappa shape index (κ1) is 22.6. The summed E-state index contributed by atoms with van der Waals surface area (Å²) in [5.41, 5.74) is 1.56. The molecule has 2 unspecified atom stereocenters. The van der Waals surface area contributed by atoms with Crippen LogP contribution in [0.1, 0.15) is 32.3 Å². The quantitative estimate of drug-likeness (QED) is 0.416. The van der Waals surface area contributed by atoms with Crippen LogP contribution in [-0.4, -0.2) is 40.0 Å². The fourth-order valence-corrected chi connectivity index (χ4v) is 4.98. The topological polar surface area (TPSA) is 73.2 Å². The van der Waals surface area contributed by atoms with Gasteiger partial charge in [-0.2, -0.15) is 0 Å². The highest BCUT2D eigenvalue weighted by Crippen LogP contribution is 2.28. The predicted octanol–water partition coefficient (Wildman–Crippen LogP) is 3.86. The van der Waals surface area contributed by atoms with Gasteiger partial charge >= 0.3 is 0 Å². The smallest absolute Gasteiger partial charge is 0.262 e. The molecule has 6 nitrogen and oxygen atoms in total. The van der Waals surface area contributed by atoms with Crippen molar-refractivity contribution in [3.8, 4) is 0 Å². The van der Waals surface area contributed by atoms with Crippen LogP contribution in [0, 0.1) is 5.92 Å². The molecule has 1 aliphatic heterocycles. The molecule has 0 saturated carbocycles. The van der Waals surface area contributed by atoms with Crippen molar-refractivity contribution < 1.29 is 9.53 Å². The van der Waals surface area contributed by atoms with Crippen LogP contribution in [-0.2, 0) is 16.1 Å². The van der Waals surface area contributed by atoms with Crippen molar-refractivity contribution in [1.29, 1.82) is 0 Å². The molecule has 2 aromatic carbocycles. The summed E-state index contributed by atoms with van der Waals surface area (Å²) in [5, 5.41) is 3.82. The SMILES string of the molecule is CC(C)C(Sc1nc2ccccc2c(=O)n1Cc1ccccc1)C(=O)NCC1CCCO1. The summed E-state index contributed by atoms with van der Waals surface area (Å²) in [6.07, 6.45) is 2.10. The number of rotatable bonds is 8. The molecule has 1 aliphatic rings. The lowest BCUT2D eigenvalue weighted by molar-refractivity contribution is -0.121. The molecule has 2 atom stereocenters. The van der Waals surface area contributed by atoms with Gasteiger partial charge in [-0.1, -0.05) is 68.1 Å². The van der Waals surface area contributed by atoms with E-state index in [1.165, 1.54) is 11.8 Å². The Morgan fingerprint density at radius 2 is 1.94 bits per heavy atom. The van der Waals surface area contributed by atoms with Crippen LogP contribution in [0.3, 0.4) is 0 Å². The zero-order chi connectivity index (χ0) is 22.5. The summed E-state index contributed by atoms with van der Waals surface area (Å²) >= 11 is 1.36. The van der Waals surface area contributed by atoms with Crippen molar-refractivity contribution in [2.75, 3.05) is 13.2 Å². The highest BCUT2D eigenvalue weighted by molar-refractivity contribution is 8.00. The molecule has 2 heterocycles. The number of amides is 1. The summed E-state index contributed by atoms with van der Waals surface area (Å²) < 4.78 is 7.32. The van der Waals surface area contributed by atoms with Crippen LogP contribution in [0.25, 0.3) is 10.9 Å². The van der Waals surface area contributed by atoms with E-state index in [9.17, 15) is 9.59 Å². The Hall–Kier alpha value is -2.64. The lowest BCUT2D eigenvalue weighted by atomic mass is 10.1. The molecular formula is C25H29N3O3S. The average molecular weight is 452 g/mol. The van der Waals surface area contributed by atoms with Gasteiger partial charge < -0.3 is 10.1 Å². The van der Waals surface area contributed by atoms with Crippen LogP contribution in [0.5, 0.6) is 0 Å². The summed E-state index contributed by atoms with van der Waals surface area (Å²) in [4.78, 5) is 31.2. The van der Waals surface area contributed by atoms with Gasteiger partial charge in [0.2, 0.25) is 5.91 Å². The number of aromatic nitrogens is 2.